The number of aryl methyl sites for hydroxylation is 1. The van der Waals surface area contributed by atoms with Gasteiger partial charge in [0.15, 0.2) is 4.90 Å². The molecule has 0 amide bonds. The van der Waals surface area contributed by atoms with Gasteiger partial charge < -0.3 is 13.7 Å². The third-order valence-electron chi connectivity index (χ3n) is 4.80. The van der Waals surface area contributed by atoms with Gasteiger partial charge in [-0.15, -0.1) is 0 Å². The molecule has 1 aromatic heterocycles. The standard InChI is InChI=1S/C22H17NO3S/c1-14-11-12-16(19(13-14)25-2)23-17-8-4-6-10-20(17)27(24)21-15-7-3-5-9-18(15)26-22(21)23/h3-13H,1-2H3. The summed E-state index contributed by atoms with van der Waals surface area (Å²) in [5.74, 6) is 1.32. The maximum Gasteiger partial charge on any atom is 0.263 e. The monoisotopic (exact) mass is 375 g/mol. The van der Waals surface area contributed by atoms with Crippen molar-refractivity contribution in [3.63, 3.8) is 0 Å². The number of fused-ring (bicyclic) bond motifs is 4. The molecule has 4 aromatic rings. The average Bonchev–Trinajstić information content (AvgIpc) is 3.08. The quantitative estimate of drug-likeness (QED) is 0.422. The van der Waals surface area contributed by atoms with Gasteiger partial charge in [-0.25, -0.2) is 0 Å². The van der Waals surface area contributed by atoms with Crippen LogP contribution in [0.5, 0.6) is 5.75 Å². The van der Waals surface area contributed by atoms with Crippen LogP contribution in [-0.4, -0.2) is 11.7 Å². The van der Waals surface area contributed by atoms with Crippen molar-refractivity contribution in [1.82, 2.24) is 0 Å². The van der Waals surface area contributed by atoms with E-state index in [0.717, 1.165) is 38.6 Å². The molecule has 1 aliphatic heterocycles. The molecule has 0 fully saturated rings. The zero-order valence-corrected chi connectivity index (χ0v) is 15.7. The van der Waals surface area contributed by atoms with Gasteiger partial charge in [0.05, 0.1) is 18.2 Å². The van der Waals surface area contributed by atoms with Crippen LogP contribution < -0.4 is 9.64 Å². The number of hydrogen-bond acceptors (Lipinski definition) is 4. The van der Waals surface area contributed by atoms with Gasteiger partial charge in [-0.3, -0.25) is 4.90 Å². The Labute approximate surface area is 160 Å². The summed E-state index contributed by atoms with van der Waals surface area (Å²) in [6, 6.07) is 21.5. The molecule has 5 heteroatoms. The smallest absolute Gasteiger partial charge is 0.263 e. The van der Waals surface area contributed by atoms with E-state index in [4.69, 9.17) is 9.15 Å². The number of nitrogens with zero attached hydrogens (tertiary/aromatic N) is 1. The summed E-state index contributed by atoms with van der Waals surface area (Å²) in [6.45, 7) is 2.03. The van der Waals surface area contributed by atoms with Crippen molar-refractivity contribution < 1.29 is 13.7 Å². The first-order chi connectivity index (χ1) is 13.2. The molecule has 2 heterocycles. The Morgan fingerprint density at radius 3 is 2.59 bits per heavy atom. The second kappa shape index (κ2) is 6.08. The van der Waals surface area contributed by atoms with E-state index in [1.165, 1.54) is 0 Å². The number of benzene rings is 3. The van der Waals surface area contributed by atoms with E-state index in [-0.39, 0.29) is 0 Å². The molecule has 0 N–H and O–H groups in total. The molecular weight excluding hydrogens is 358 g/mol. The molecule has 134 valence electrons. The van der Waals surface area contributed by atoms with Crippen molar-refractivity contribution in [3.8, 4) is 5.75 Å². The average molecular weight is 375 g/mol. The minimum absolute atomic E-state index is 0.579. The number of hydrogen-bond donors (Lipinski definition) is 0. The van der Waals surface area contributed by atoms with E-state index in [2.05, 4.69) is 0 Å². The van der Waals surface area contributed by atoms with Crippen LogP contribution >= 0.6 is 0 Å². The molecule has 0 spiro atoms. The highest BCUT2D eigenvalue weighted by Crippen LogP contribution is 2.53. The van der Waals surface area contributed by atoms with E-state index in [1.807, 2.05) is 78.6 Å². The summed E-state index contributed by atoms with van der Waals surface area (Å²) in [5, 5.41) is 0.872. The molecular formula is C22H17NO3S. The van der Waals surface area contributed by atoms with Gasteiger partial charge in [0.25, 0.3) is 5.88 Å². The Balaban J connectivity index is 1.86. The van der Waals surface area contributed by atoms with Crippen molar-refractivity contribution in [2.45, 2.75) is 16.7 Å². The first kappa shape index (κ1) is 16.3. The van der Waals surface area contributed by atoms with Crippen LogP contribution in [0, 0.1) is 6.92 Å². The summed E-state index contributed by atoms with van der Waals surface area (Å²) < 4.78 is 25.2. The van der Waals surface area contributed by atoms with Crippen molar-refractivity contribution in [1.29, 1.82) is 0 Å². The van der Waals surface area contributed by atoms with Crippen LogP contribution in [0.25, 0.3) is 11.0 Å². The SMILES string of the molecule is COc1cc(C)ccc1N1c2ccccc2[S+]([O-])c2c1oc1ccccc21. The van der Waals surface area contributed by atoms with Crippen LogP contribution in [0.3, 0.4) is 0 Å². The summed E-state index contributed by atoms with van der Waals surface area (Å²) in [7, 11) is 1.66. The van der Waals surface area contributed by atoms with E-state index in [9.17, 15) is 4.55 Å². The predicted octanol–water partition coefficient (Wildman–Crippen LogP) is 5.70. The van der Waals surface area contributed by atoms with Crippen molar-refractivity contribution >= 4 is 39.4 Å². The highest BCUT2D eigenvalue weighted by Gasteiger charge is 2.40. The Bertz CT molecular complexity index is 1170. The third-order valence-corrected chi connectivity index (χ3v) is 6.31. The maximum absolute atomic E-state index is 13.4. The molecule has 0 saturated carbocycles. The molecule has 0 radical (unpaired) electrons. The molecule has 27 heavy (non-hydrogen) atoms. The molecule has 0 bridgehead atoms. The summed E-state index contributed by atoms with van der Waals surface area (Å²) in [6.07, 6.45) is 0. The van der Waals surface area contributed by atoms with Crippen LogP contribution in [0.15, 0.2) is 80.9 Å². The van der Waals surface area contributed by atoms with Gasteiger partial charge in [-0.1, -0.05) is 30.3 Å². The number of furan rings is 1. The zero-order valence-electron chi connectivity index (χ0n) is 14.9. The van der Waals surface area contributed by atoms with Gasteiger partial charge in [0.2, 0.25) is 4.90 Å². The second-order valence-electron chi connectivity index (χ2n) is 6.48. The predicted molar refractivity (Wildman–Crippen MR) is 107 cm³/mol. The third kappa shape index (κ3) is 2.36. The highest BCUT2D eigenvalue weighted by molar-refractivity contribution is 7.92. The minimum atomic E-state index is -1.32. The first-order valence-electron chi connectivity index (χ1n) is 8.66. The van der Waals surface area contributed by atoms with E-state index in [0.29, 0.717) is 10.8 Å². The second-order valence-corrected chi connectivity index (χ2v) is 7.87. The van der Waals surface area contributed by atoms with Crippen LogP contribution in [0.2, 0.25) is 0 Å². The topological polar surface area (TPSA) is 48.7 Å². The van der Waals surface area contributed by atoms with Crippen LogP contribution in [-0.2, 0) is 11.2 Å². The van der Waals surface area contributed by atoms with Gasteiger partial charge in [0, 0.05) is 11.2 Å². The van der Waals surface area contributed by atoms with Crippen LogP contribution in [0.1, 0.15) is 5.56 Å². The van der Waals surface area contributed by atoms with E-state index < -0.39 is 11.2 Å². The van der Waals surface area contributed by atoms with Gasteiger partial charge in [-0.2, -0.15) is 0 Å². The molecule has 0 saturated heterocycles. The lowest BCUT2D eigenvalue weighted by atomic mass is 10.1. The summed E-state index contributed by atoms with van der Waals surface area (Å²) in [4.78, 5) is 3.47. The first-order valence-corrected chi connectivity index (χ1v) is 9.81. The number of rotatable bonds is 2. The van der Waals surface area contributed by atoms with Gasteiger partial charge >= 0.3 is 0 Å². The molecule has 4 nitrogen and oxygen atoms in total. The van der Waals surface area contributed by atoms with Crippen molar-refractivity contribution in [2.24, 2.45) is 0 Å². The Morgan fingerprint density at radius 2 is 1.74 bits per heavy atom. The number of methoxy groups -OCH3 is 1. The van der Waals surface area contributed by atoms with Crippen LogP contribution in [0.4, 0.5) is 17.3 Å². The highest BCUT2D eigenvalue weighted by atomic mass is 32.2. The number of anilines is 3. The lowest BCUT2D eigenvalue weighted by Crippen LogP contribution is -2.21. The van der Waals surface area contributed by atoms with Gasteiger partial charge in [0.1, 0.15) is 17.0 Å². The zero-order chi connectivity index (χ0) is 18.5. The Kier molecular flexibility index (Phi) is 3.67. The normalized spacial score (nSPS) is 15.5. The fourth-order valence-corrected chi connectivity index (χ4v) is 4.99. The molecule has 3 aromatic carbocycles. The van der Waals surface area contributed by atoms with Crippen molar-refractivity contribution in [2.75, 3.05) is 12.0 Å². The molecule has 5 rings (SSSR count). The Morgan fingerprint density at radius 1 is 0.963 bits per heavy atom. The van der Waals surface area contributed by atoms with Gasteiger partial charge in [-0.05, 0) is 48.9 Å². The van der Waals surface area contributed by atoms with E-state index >= 15 is 0 Å². The molecule has 1 unspecified atom stereocenters. The fraction of sp³-hybridized carbons (Fsp3) is 0.0909. The number of ether oxygens (including phenoxy) is 1. The maximum atomic E-state index is 13.4. The molecule has 1 atom stereocenters. The fourth-order valence-electron chi connectivity index (χ4n) is 3.56. The largest absolute Gasteiger partial charge is 0.606 e. The van der Waals surface area contributed by atoms with Crippen molar-refractivity contribution in [3.05, 3.63) is 72.3 Å². The Hall–Kier alpha value is -2.89. The minimum Gasteiger partial charge on any atom is -0.606 e. The number of para-hydroxylation sites is 2. The summed E-state index contributed by atoms with van der Waals surface area (Å²) >= 11 is -1.32. The lowest BCUT2D eigenvalue weighted by Gasteiger charge is -2.30. The lowest BCUT2D eigenvalue weighted by molar-refractivity contribution is 0.415. The summed E-state index contributed by atoms with van der Waals surface area (Å²) in [5.41, 5.74) is 3.52. The molecule has 0 aliphatic carbocycles. The van der Waals surface area contributed by atoms with E-state index in [1.54, 1.807) is 7.11 Å². The molecule has 1 aliphatic rings.